The minimum absolute atomic E-state index is 0.0880. The number of carbonyl (C=O) groups excluding carboxylic acids is 1. The van der Waals surface area contributed by atoms with Crippen molar-refractivity contribution >= 4 is 21.8 Å². The molecule has 1 amide bonds. The van der Waals surface area contributed by atoms with Crippen molar-refractivity contribution < 1.29 is 23.1 Å². The van der Waals surface area contributed by atoms with E-state index in [0.29, 0.717) is 11.3 Å². The molecule has 8 heteroatoms. The molecular formula is C10H14N2O5S. The van der Waals surface area contributed by atoms with E-state index in [-0.39, 0.29) is 19.0 Å². The maximum absolute atomic E-state index is 11.1. The smallest absolute Gasteiger partial charge is 0.411 e. The van der Waals surface area contributed by atoms with Gasteiger partial charge in [-0.2, -0.15) is 0 Å². The predicted molar refractivity (Wildman–Crippen MR) is 65.3 cm³/mol. The summed E-state index contributed by atoms with van der Waals surface area (Å²) in [4.78, 5) is 11.1. The monoisotopic (exact) mass is 274 g/mol. The van der Waals surface area contributed by atoms with E-state index in [1.165, 1.54) is 24.3 Å². The molecule has 0 saturated heterocycles. The number of benzene rings is 1. The molecule has 0 heterocycles. The fourth-order valence-electron chi connectivity index (χ4n) is 1.21. The van der Waals surface area contributed by atoms with Crippen LogP contribution in [0.3, 0.4) is 0 Å². The lowest BCUT2D eigenvalue weighted by molar-refractivity contribution is 0.131. The standard InChI is InChI=1S/C10H14N2O5S/c11-18(15,16)7-8-1-3-9(4-2-8)12-10(14)17-6-5-13/h1-4,13H,5-7H2,(H,12,14)(H2,11,15,16). The van der Waals surface area contributed by atoms with Gasteiger partial charge < -0.3 is 9.84 Å². The van der Waals surface area contributed by atoms with Crippen molar-refractivity contribution in [3.63, 3.8) is 0 Å². The average molecular weight is 274 g/mol. The third kappa shape index (κ3) is 5.62. The van der Waals surface area contributed by atoms with Gasteiger partial charge >= 0.3 is 6.09 Å². The largest absolute Gasteiger partial charge is 0.447 e. The Bertz CT molecular complexity index is 498. The summed E-state index contributed by atoms with van der Waals surface area (Å²) in [6.07, 6.45) is -0.691. The zero-order valence-electron chi connectivity index (χ0n) is 9.50. The molecule has 1 aromatic carbocycles. The van der Waals surface area contributed by atoms with Gasteiger partial charge in [-0.3, -0.25) is 5.32 Å². The fourth-order valence-corrected chi connectivity index (χ4v) is 1.87. The molecule has 1 rings (SSSR count). The van der Waals surface area contributed by atoms with Gasteiger partial charge in [0.25, 0.3) is 0 Å². The van der Waals surface area contributed by atoms with Gasteiger partial charge in [0.2, 0.25) is 10.0 Å². The third-order valence-corrected chi connectivity index (χ3v) is 2.63. The number of aliphatic hydroxyl groups excluding tert-OH is 1. The van der Waals surface area contributed by atoms with Crippen molar-refractivity contribution in [2.24, 2.45) is 5.14 Å². The first-order valence-corrected chi connectivity index (χ1v) is 6.76. The Kier molecular flexibility index (Phi) is 5.08. The molecule has 0 spiro atoms. The molecule has 0 unspecified atom stereocenters. The number of aliphatic hydroxyl groups is 1. The van der Waals surface area contributed by atoms with Gasteiger partial charge in [-0.1, -0.05) is 12.1 Å². The van der Waals surface area contributed by atoms with Crippen LogP contribution in [0, 0.1) is 0 Å². The second-order valence-electron chi connectivity index (χ2n) is 3.49. The van der Waals surface area contributed by atoms with Crippen molar-refractivity contribution in [1.82, 2.24) is 0 Å². The molecule has 0 aliphatic carbocycles. The number of ether oxygens (including phenoxy) is 1. The SMILES string of the molecule is NS(=O)(=O)Cc1ccc(NC(=O)OCCO)cc1. The van der Waals surface area contributed by atoms with Crippen molar-refractivity contribution in [2.45, 2.75) is 5.75 Å². The number of sulfonamides is 1. The van der Waals surface area contributed by atoms with Crippen LogP contribution in [-0.2, 0) is 20.5 Å². The summed E-state index contributed by atoms with van der Waals surface area (Å²) in [6.45, 7) is -0.337. The molecule has 0 saturated carbocycles. The Morgan fingerprint density at radius 3 is 2.44 bits per heavy atom. The zero-order chi connectivity index (χ0) is 13.6. The second kappa shape index (κ2) is 6.34. The summed E-state index contributed by atoms with van der Waals surface area (Å²) in [6, 6.07) is 6.12. The normalized spacial score (nSPS) is 11.0. The summed E-state index contributed by atoms with van der Waals surface area (Å²) in [5.41, 5.74) is 0.975. The van der Waals surface area contributed by atoms with E-state index in [1.807, 2.05) is 0 Å². The van der Waals surface area contributed by atoms with Crippen LogP contribution in [0.25, 0.3) is 0 Å². The minimum Gasteiger partial charge on any atom is -0.447 e. The molecule has 0 fully saturated rings. The van der Waals surface area contributed by atoms with E-state index in [2.05, 4.69) is 10.1 Å². The highest BCUT2D eigenvalue weighted by Crippen LogP contribution is 2.11. The lowest BCUT2D eigenvalue weighted by Crippen LogP contribution is -2.16. The van der Waals surface area contributed by atoms with Crippen LogP contribution in [0.4, 0.5) is 10.5 Å². The van der Waals surface area contributed by atoms with Crippen LogP contribution < -0.4 is 10.5 Å². The topological polar surface area (TPSA) is 119 Å². The van der Waals surface area contributed by atoms with E-state index < -0.39 is 16.1 Å². The Morgan fingerprint density at radius 1 is 1.33 bits per heavy atom. The van der Waals surface area contributed by atoms with Gasteiger partial charge in [0.05, 0.1) is 12.4 Å². The van der Waals surface area contributed by atoms with Crippen LogP contribution in [0.5, 0.6) is 0 Å². The average Bonchev–Trinajstić information content (AvgIpc) is 2.27. The van der Waals surface area contributed by atoms with E-state index in [0.717, 1.165) is 0 Å². The van der Waals surface area contributed by atoms with Crippen molar-refractivity contribution in [3.8, 4) is 0 Å². The summed E-state index contributed by atoms with van der Waals surface area (Å²) < 4.78 is 26.3. The van der Waals surface area contributed by atoms with E-state index >= 15 is 0 Å². The maximum atomic E-state index is 11.1. The first-order chi connectivity index (χ1) is 8.40. The Labute approximate surface area is 105 Å². The molecule has 0 atom stereocenters. The van der Waals surface area contributed by atoms with Gasteiger partial charge in [-0.05, 0) is 17.7 Å². The molecule has 100 valence electrons. The summed E-state index contributed by atoms with van der Waals surface area (Å²) in [7, 11) is -3.56. The number of nitrogens with one attached hydrogen (secondary N) is 1. The number of hydrogen-bond donors (Lipinski definition) is 3. The molecule has 0 bridgehead atoms. The highest BCUT2D eigenvalue weighted by Gasteiger charge is 2.06. The lowest BCUT2D eigenvalue weighted by atomic mass is 10.2. The number of anilines is 1. The molecular weight excluding hydrogens is 260 g/mol. The van der Waals surface area contributed by atoms with Crippen LogP contribution in [0.1, 0.15) is 5.56 Å². The van der Waals surface area contributed by atoms with Gasteiger partial charge in [-0.25, -0.2) is 18.4 Å². The van der Waals surface area contributed by atoms with E-state index in [9.17, 15) is 13.2 Å². The first kappa shape index (κ1) is 14.4. The van der Waals surface area contributed by atoms with Gasteiger partial charge in [0.15, 0.2) is 0 Å². The molecule has 7 nitrogen and oxygen atoms in total. The number of carbonyl (C=O) groups is 1. The quantitative estimate of drug-likeness (QED) is 0.699. The van der Waals surface area contributed by atoms with Crippen molar-refractivity contribution in [1.29, 1.82) is 0 Å². The molecule has 4 N–H and O–H groups in total. The lowest BCUT2D eigenvalue weighted by Gasteiger charge is -2.06. The highest BCUT2D eigenvalue weighted by atomic mass is 32.2. The molecule has 0 aliphatic rings. The number of rotatable bonds is 5. The zero-order valence-corrected chi connectivity index (χ0v) is 10.3. The van der Waals surface area contributed by atoms with Gasteiger partial charge in [-0.15, -0.1) is 0 Å². The Morgan fingerprint density at radius 2 is 1.94 bits per heavy atom. The van der Waals surface area contributed by atoms with Crippen LogP contribution >= 0.6 is 0 Å². The Balaban J connectivity index is 2.58. The molecule has 1 aromatic rings. The van der Waals surface area contributed by atoms with E-state index in [1.54, 1.807) is 0 Å². The molecule has 0 aliphatic heterocycles. The van der Waals surface area contributed by atoms with Gasteiger partial charge in [0.1, 0.15) is 6.61 Å². The third-order valence-electron chi connectivity index (χ3n) is 1.89. The highest BCUT2D eigenvalue weighted by molar-refractivity contribution is 7.88. The number of amides is 1. The van der Waals surface area contributed by atoms with Gasteiger partial charge in [0, 0.05) is 5.69 Å². The first-order valence-electron chi connectivity index (χ1n) is 5.05. The number of primary sulfonamides is 1. The Hall–Kier alpha value is -1.64. The van der Waals surface area contributed by atoms with E-state index in [4.69, 9.17) is 10.2 Å². The summed E-state index contributed by atoms with van der Waals surface area (Å²) in [5, 5.41) is 15.8. The molecule has 0 radical (unpaired) electrons. The molecule has 18 heavy (non-hydrogen) atoms. The summed E-state index contributed by atoms with van der Waals surface area (Å²) in [5.74, 6) is -0.262. The van der Waals surface area contributed by atoms with Crippen LogP contribution in [0.2, 0.25) is 0 Å². The summed E-state index contributed by atoms with van der Waals surface area (Å²) >= 11 is 0. The minimum atomic E-state index is -3.56. The maximum Gasteiger partial charge on any atom is 0.411 e. The predicted octanol–water partition coefficient (Wildman–Crippen LogP) is 0.0159. The number of hydrogen-bond acceptors (Lipinski definition) is 5. The fraction of sp³-hybridized carbons (Fsp3) is 0.300. The molecule has 0 aromatic heterocycles. The van der Waals surface area contributed by atoms with Crippen molar-refractivity contribution in [2.75, 3.05) is 18.5 Å². The van der Waals surface area contributed by atoms with Crippen LogP contribution in [0.15, 0.2) is 24.3 Å². The second-order valence-corrected chi connectivity index (χ2v) is 5.10. The van der Waals surface area contributed by atoms with Crippen molar-refractivity contribution in [3.05, 3.63) is 29.8 Å². The number of nitrogens with two attached hydrogens (primary N) is 1. The van der Waals surface area contributed by atoms with Crippen LogP contribution in [-0.4, -0.2) is 32.8 Å².